The normalized spacial score (nSPS) is 18.8. The maximum absolute atomic E-state index is 7.23. The van der Waals surface area contributed by atoms with Gasteiger partial charge in [0, 0.05) is 48.5 Å². The van der Waals surface area contributed by atoms with Gasteiger partial charge in [0.15, 0.2) is 0 Å². The van der Waals surface area contributed by atoms with E-state index in [1.165, 1.54) is 22.3 Å². The number of aryl methyl sites for hydroxylation is 3. The van der Waals surface area contributed by atoms with E-state index in [9.17, 15) is 0 Å². The minimum atomic E-state index is 0.392. The smallest absolute Gasteiger partial charge is 0.126 e. The van der Waals surface area contributed by atoms with Crippen molar-refractivity contribution >= 4 is 28.2 Å². The highest BCUT2D eigenvalue weighted by Gasteiger charge is 2.18. The van der Waals surface area contributed by atoms with Crippen molar-refractivity contribution in [3.8, 4) is 11.1 Å². The predicted octanol–water partition coefficient (Wildman–Crippen LogP) is 8.15. The molecule has 6 rings (SSSR count). The topological polar surface area (TPSA) is 69.2 Å². The number of benzene rings is 2. The van der Waals surface area contributed by atoms with Gasteiger partial charge in [0.2, 0.25) is 0 Å². The second-order valence-electron chi connectivity index (χ2n) is 11.8. The first kappa shape index (κ1) is 31.2. The molecule has 232 valence electrons. The van der Waals surface area contributed by atoms with Crippen molar-refractivity contribution < 1.29 is 9.47 Å². The lowest BCUT2D eigenvalue weighted by Crippen LogP contribution is -2.31. The Morgan fingerprint density at radius 3 is 2.67 bits per heavy atom. The number of fused-ring (bicyclic) bond motifs is 1. The van der Waals surface area contributed by atoms with Crippen LogP contribution in [-0.2, 0) is 22.3 Å². The third-order valence-corrected chi connectivity index (χ3v) is 9.27. The summed E-state index contributed by atoms with van der Waals surface area (Å²) in [7, 11) is 1.76. The molecule has 4 aromatic rings. The molecule has 1 aliphatic carbocycles. The zero-order valence-electron chi connectivity index (χ0n) is 26.4. The lowest BCUT2D eigenvalue weighted by Gasteiger charge is -2.18. The maximum Gasteiger partial charge on any atom is 0.126 e. The van der Waals surface area contributed by atoms with E-state index in [0.717, 1.165) is 108 Å². The number of nitrogens with one attached hydrogen (secondary N) is 1. The molecule has 0 spiro atoms. The van der Waals surface area contributed by atoms with Crippen molar-refractivity contribution in [3.05, 3.63) is 118 Å². The van der Waals surface area contributed by atoms with E-state index in [1.807, 2.05) is 25.3 Å². The second kappa shape index (κ2) is 14.5. The molecule has 1 aliphatic heterocycles. The minimum Gasteiger partial charge on any atom is -0.501 e. The van der Waals surface area contributed by atoms with Gasteiger partial charge in [0.1, 0.15) is 17.1 Å². The van der Waals surface area contributed by atoms with Gasteiger partial charge in [0.05, 0.1) is 29.9 Å². The summed E-state index contributed by atoms with van der Waals surface area (Å²) in [6, 6.07) is 17.3. The van der Waals surface area contributed by atoms with Crippen LogP contribution < -0.4 is 5.32 Å². The van der Waals surface area contributed by atoms with Gasteiger partial charge in [-0.05, 0) is 80.3 Å². The minimum absolute atomic E-state index is 0.392. The highest BCUT2D eigenvalue weighted by Crippen LogP contribution is 2.38. The van der Waals surface area contributed by atoms with Gasteiger partial charge in [-0.1, -0.05) is 66.2 Å². The van der Waals surface area contributed by atoms with Crippen molar-refractivity contribution in [1.29, 1.82) is 0 Å². The lowest BCUT2D eigenvalue weighted by molar-refractivity contribution is 0.190. The quantitative estimate of drug-likeness (QED) is 0.193. The van der Waals surface area contributed by atoms with E-state index >= 15 is 0 Å². The Hall–Kier alpha value is -3.84. The Kier molecular flexibility index (Phi) is 10.0. The highest BCUT2D eigenvalue weighted by atomic mass is 35.5. The van der Waals surface area contributed by atoms with Crippen LogP contribution in [0, 0.1) is 13.8 Å². The number of nitrogens with zero attached hydrogens (tertiary/aromatic N) is 3. The molecule has 1 atom stereocenters. The van der Waals surface area contributed by atoms with Gasteiger partial charge in [-0.15, -0.1) is 0 Å². The first-order valence-electron chi connectivity index (χ1n) is 15.9. The molecule has 1 fully saturated rings. The molecule has 2 aromatic carbocycles. The fourth-order valence-corrected chi connectivity index (χ4v) is 6.73. The largest absolute Gasteiger partial charge is 0.501 e. The van der Waals surface area contributed by atoms with E-state index in [-0.39, 0.29) is 0 Å². The zero-order valence-corrected chi connectivity index (χ0v) is 27.2. The standard InChI is InChI=1S/C38H41ClN4O2/c1-25-27(10-5-15-34-38-35(16-8-21-40-38)43-26(2)42-34)9-4-12-31(25)33-14-7-13-32(37(33)39)28-11-6-17-36(44-3)29(19-18-28)23-41-30-20-22-45-24-30/h4,7-9,11-14,16,18-19,21,30,41H,5-6,10,15,17,20,22-24H2,1-3H3/b19-18-,28-11+,36-29?/t30-/m0/s1. The van der Waals surface area contributed by atoms with Gasteiger partial charge >= 0.3 is 0 Å². The highest BCUT2D eigenvalue weighted by molar-refractivity contribution is 6.35. The molecular weight excluding hydrogens is 580 g/mol. The third kappa shape index (κ3) is 7.19. The van der Waals surface area contributed by atoms with Crippen molar-refractivity contribution in [2.24, 2.45) is 0 Å². The van der Waals surface area contributed by atoms with Gasteiger partial charge in [-0.3, -0.25) is 4.98 Å². The first-order chi connectivity index (χ1) is 22.0. The summed E-state index contributed by atoms with van der Waals surface area (Å²) in [5.41, 5.74) is 11.0. The summed E-state index contributed by atoms with van der Waals surface area (Å²) in [4.78, 5) is 13.8. The van der Waals surface area contributed by atoms with Crippen molar-refractivity contribution in [2.45, 2.75) is 58.4 Å². The average Bonchev–Trinajstić information content (AvgIpc) is 3.56. The summed E-state index contributed by atoms with van der Waals surface area (Å²) in [6.07, 6.45) is 14.0. The van der Waals surface area contributed by atoms with Crippen LogP contribution in [0.2, 0.25) is 5.02 Å². The van der Waals surface area contributed by atoms with Crippen molar-refractivity contribution in [3.63, 3.8) is 0 Å². The molecule has 7 heteroatoms. The molecule has 1 N–H and O–H groups in total. The van der Waals surface area contributed by atoms with E-state index in [1.54, 1.807) is 7.11 Å². The summed E-state index contributed by atoms with van der Waals surface area (Å²) in [5.74, 6) is 1.81. The van der Waals surface area contributed by atoms with E-state index in [0.29, 0.717) is 6.04 Å². The maximum atomic E-state index is 7.23. The fourth-order valence-electron chi connectivity index (χ4n) is 6.40. The average molecular weight is 621 g/mol. The third-order valence-electron chi connectivity index (χ3n) is 8.86. The molecule has 2 aliphatic rings. The molecule has 45 heavy (non-hydrogen) atoms. The summed E-state index contributed by atoms with van der Waals surface area (Å²) < 4.78 is 11.3. The van der Waals surface area contributed by atoms with Crippen LogP contribution in [0.25, 0.3) is 27.7 Å². The van der Waals surface area contributed by atoms with Crippen LogP contribution >= 0.6 is 11.6 Å². The Morgan fingerprint density at radius 1 is 0.978 bits per heavy atom. The number of methoxy groups -OCH3 is 1. The molecule has 3 heterocycles. The number of allylic oxidation sites excluding steroid dienone is 4. The number of pyridine rings is 1. The van der Waals surface area contributed by atoms with Crippen LogP contribution in [-0.4, -0.2) is 47.9 Å². The van der Waals surface area contributed by atoms with Crippen molar-refractivity contribution in [2.75, 3.05) is 26.9 Å². The van der Waals surface area contributed by atoms with Gasteiger partial charge < -0.3 is 14.8 Å². The molecule has 1 saturated heterocycles. The molecule has 0 unspecified atom stereocenters. The van der Waals surface area contributed by atoms with Gasteiger partial charge in [0.25, 0.3) is 0 Å². The molecule has 0 amide bonds. The Balaban J connectivity index is 1.21. The summed E-state index contributed by atoms with van der Waals surface area (Å²) in [5, 5.41) is 4.42. The number of ether oxygens (including phenoxy) is 2. The monoisotopic (exact) mass is 620 g/mol. The van der Waals surface area contributed by atoms with Gasteiger partial charge in [-0.25, -0.2) is 9.97 Å². The fraction of sp³-hybridized carbons (Fsp3) is 0.342. The SMILES string of the molecule is COC1=C(CN[C@H]2CCOC2)/C=C\C(c2cccc(-c3cccc(CCCc4nc(C)nc5cccnc45)c3C)c2Cl)=C/CC1. The Morgan fingerprint density at radius 2 is 1.82 bits per heavy atom. The zero-order chi connectivity index (χ0) is 31.2. The predicted molar refractivity (Wildman–Crippen MR) is 183 cm³/mol. The number of halogens is 1. The molecular formula is C38H41ClN4O2. The lowest BCUT2D eigenvalue weighted by atomic mass is 9.91. The van der Waals surface area contributed by atoms with Crippen LogP contribution in [0.1, 0.15) is 53.9 Å². The number of rotatable bonds is 10. The van der Waals surface area contributed by atoms with E-state index in [2.05, 4.69) is 76.8 Å². The molecule has 2 aromatic heterocycles. The number of hydrogen-bond acceptors (Lipinski definition) is 6. The summed E-state index contributed by atoms with van der Waals surface area (Å²) in [6.45, 7) is 6.50. The number of aromatic nitrogens is 3. The van der Waals surface area contributed by atoms with Gasteiger partial charge in [-0.2, -0.15) is 0 Å². The van der Waals surface area contributed by atoms with Crippen LogP contribution in [0.3, 0.4) is 0 Å². The Bertz CT molecular complexity index is 1770. The molecule has 0 radical (unpaired) electrons. The molecule has 6 nitrogen and oxygen atoms in total. The van der Waals surface area contributed by atoms with Crippen LogP contribution in [0.5, 0.6) is 0 Å². The van der Waals surface area contributed by atoms with E-state index in [4.69, 9.17) is 26.1 Å². The van der Waals surface area contributed by atoms with Crippen LogP contribution in [0.15, 0.2) is 84.3 Å². The first-order valence-corrected chi connectivity index (χ1v) is 16.3. The van der Waals surface area contributed by atoms with E-state index < -0.39 is 0 Å². The molecule has 0 saturated carbocycles. The number of hydrogen-bond donors (Lipinski definition) is 1. The van der Waals surface area contributed by atoms with Crippen molar-refractivity contribution in [1.82, 2.24) is 20.3 Å². The second-order valence-corrected chi connectivity index (χ2v) is 12.2. The van der Waals surface area contributed by atoms with Crippen LogP contribution in [0.4, 0.5) is 0 Å². The molecule has 0 bridgehead atoms. The summed E-state index contributed by atoms with van der Waals surface area (Å²) >= 11 is 7.23. The Labute approximate surface area is 271 Å².